The highest BCUT2D eigenvalue weighted by Crippen LogP contribution is 2.28. The summed E-state index contributed by atoms with van der Waals surface area (Å²) in [6.07, 6.45) is 1.91. The fourth-order valence-corrected chi connectivity index (χ4v) is 2.97. The number of rotatable bonds is 5. The molecule has 0 amide bonds. The second-order valence-corrected chi connectivity index (χ2v) is 5.70. The van der Waals surface area contributed by atoms with Crippen molar-refractivity contribution in [3.05, 3.63) is 16.4 Å². The van der Waals surface area contributed by atoms with Crippen molar-refractivity contribution in [2.75, 3.05) is 26.2 Å². The number of nitrogens with zero attached hydrogens (tertiary/aromatic N) is 3. The molecule has 0 saturated carbocycles. The first-order chi connectivity index (χ1) is 9.17. The Labute approximate surface area is 122 Å². The van der Waals surface area contributed by atoms with Gasteiger partial charge in [0.05, 0.1) is 23.0 Å². The van der Waals surface area contributed by atoms with Crippen molar-refractivity contribution in [3.8, 4) is 0 Å². The molecule has 1 aliphatic heterocycles. The lowest BCUT2D eigenvalue weighted by Crippen LogP contribution is -2.45. The average Bonchev–Trinajstić information content (AvgIpc) is 2.79. The van der Waals surface area contributed by atoms with Crippen LogP contribution in [-0.2, 0) is 11.3 Å². The summed E-state index contributed by atoms with van der Waals surface area (Å²) in [6.45, 7) is 8.41. The number of aromatic nitrogens is 2. The molecule has 2 heterocycles. The third-order valence-corrected chi connectivity index (χ3v) is 4.14. The van der Waals surface area contributed by atoms with Crippen LogP contribution in [-0.4, -0.2) is 52.1 Å². The molecule has 0 aliphatic carbocycles. The molecule has 1 N–H and O–H groups in total. The smallest absolute Gasteiger partial charge is 0.124 e. The van der Waals surface area contributed by atoms with E-state index in [0.717, 1.165) is 42.8 Å². The third-order valence-electron chi connectivity index (χ3n) is 3.53. The number of hydrogen-bond acceptors (Lipinski definition) is 4. The number of ether oxygens (including phenoxy) is 1. The standard InChI is InChI=1S/C13H22BrN3O2/c1-3-5-17-12(10(14)8-15-17)13(18)11-9-16(4-2)6-7-19-11/h8,11,13,18H,3-7,9H2,1-2H3. The van der Waals surface area contributed by atoms with E-state index in [1.165, 1.54) is 0 Å². The molecule has 108 valence electrons. The second kappa shape index (κ2) is 6.83. The van der Waals surface area contributed by atoms with Gasteiger partial charge in [-0.25, -0.2) is 0 Å². The van der Waals surface area contributed by atoms with Crippen LogP contribution in [0.4, 0.5) is 0 Å². The number of halogens is 1. The van der Waals surface area contributed by atoms with Crippen molar-refractivity contribution in [1.29, 1.82) is 0 Å². The maximum atomic E-state index is 10.6. The molecule has 1 fully saturated rings. The molecule has 6 heteroatoms. The Kier molecular flexibility index (Phi) is 5.38. The average molecular weight is 332 g/mol. The number of aryl methyl sites for hydroxylation is 1. The highest BCUT2D eigenvalue weighted by atomic mass is 79.9. The number of aliphatic hydroxyl groups is 1. The van der Waals surface area contributed by atoms with Crippen molar-refractivity contribution in [2.24, 2.45) is 0 Å². The summed E-state index contributed by atoms with van der Waals surface area (Å²) in [7, 11) is 0. The van der Waals surface area contributed by atoms with Crippen molar-refractivity contribution < 1.29 is 9.84 Å². The Morgan fingerprint density at radius 2 is 2.37 bits per heavy atom. The Morgan fingerprint density at radius 1 is 1.58 bits per heavy atom. The van der Waals surface area contributed by atoms with Crippen molar-refractivity contribution in [2.45, 2.75) is 39.0 Å². The highest BCUT2D eigenvalue weighted by molar-refractivity contribution is 9.10. The molecule has 2 rings (SSSR count). The Bertz CT molecular complexity index is 411. The van der Waals surface area contributed by atoms with Gasteiger partial charge in [0.25, 0.3) is 0 Å². The Hall–Kier alpha value is -0.430. The highest BCUT2D eigenvalue weighted by Gasteiger charge is 2.30. The van der Waals surface area contributed by atoms with Gasteiger partial charge in [-0.1, -0.05) is 13.8 Å². The largest absolute Gasteiger partial charge is 0.384 e. The number of morpholine rings is 1. The molecular weight excluding hydrogens is 310 g/mol. The quantitative estimate of drug-likeness (QED) is 0.894. The van der Waals surface area contributed by atoms with Gasteiger partial charge in [-0.15, -0.1) is 0 Å². The van der Waals surface area contributed by atoms with E-state index in [0.29, 0.717) is 6.61 Å². The zero-order valence-corrected chi connectivity index (χ0v) is 13.1. The van der Waals surface area contributed by atoms with Gasteiger partial charge in [0, 0.05) is 19.6 Å². The first-order valence-corrected chi connectivity index (χ1v) is 7.69. The van der Waals surface area contributed by atoms with Gasteiger partial charge in [0.15, 0.2) is 0 Å². The van der Waals surface area contributed by atoms with Gasteiger partial charge >= 0.3 is 0 Å². The van der Waals surface area contributed by atoms with Crippen LogP contribution in [0.2, 0.25) is 0 Å². The Balaban J connectivity index is 2.14. The van der Waals surface area contributed by atoms with Crippen LogP contribution in [0.1, 0.15) is 32.1 Å². The van der Waals surface area contributed by atoms with Crippen LogP contribution >= 0.6 is 15.9 Å². The normalized spacial score (nSPS) is 22.6. The van der Waals surface area contributed by atoms with E-state index in [4.69, 9.17) is 4.74 Å². The van der Waals surface area contributed by atoms with E-state index in [-0.39, 0.29) is 6.10 Å². The lowest BCUT2D eigenvalue weighted by molar-refractivity contribution is -0.0914. The minimum atomic E-state index is -0.641. The summed E-state index contributed by atoms with van der Waals surface area (Å²) in [5.74, 6) is 0. The van der Waals surface area contributed by atoms with Gasteiger partial charge in [-0.05, 0) is 28.9 Å². The SMILES string of the molecule is CCCn1ncc(Br)c1C(O)C1CN(CC)CCO1. The number of likely N-dealkylation sites (N-methyl/N-ethyl adjacent to an activating group) is 1. The summed E-state index contributed by atoms with van der Waals surface area (Å²) >= 11 is 3.47. The zero-order valence-electron chi connectivity index (χ0n) is 11.5. The van der Waals surface area contributed by atoms with Crippen LogP contribution in [0.25, 0.3) is 0 Å². The van der Waals surface area contributed by atoms with Gasteiger partial charge in [0.2, 0.25) is 0 Å². The van der Waals surface area contributed by atoms with Crippen LogP contribution in [0.3, 0.4) is 0 Å². The summed E-state index contributed by atoms with van der Waals surface area (Å²) in [6, 6.07) is 0. The Morgan fingerprint density at radius 3 is 3.05 bits per heavy atom. The molecule has 0 aromatic carbocycles. The first-order valence-electron chi connectivity index (χ1n) is 6.90. The fourth-order valence-electron chi connectivity index (χ4n) is 2.44. The maximum Gasteiger partial charge on any atom is 0.124 e. The molecule has 0 radical (unpaired) electrons. The molecule has 19 heavy (non-hydrogen) atoms. The summed E-state index contributed by atoms with van der Waals surface area (Å²) < 4.78 is 8.45. The minimum absolute atomic E-state index is 0.183. The monoisotopic (exact) mass is 331 g/mol. The molecule has 1 aromatic rings. The number of aliphatic hydroxyl groups excluding tert-OH is 1. The van der Waals surface area contributed by atoms with Crippen LogP contribution in [0.15, 0.2) is 10.7 Å². The summed E-state index contributed by atoms with van der Waals surface area (Å²) in [4.78, 5) is 2.30. The molecule has 0 spiro atoms. The van der Waals surface area contributed by atoms with E-state index in [1.807, 2.05) is 4.68 Å². The van der Waals surface area contributed by atoms with E-state index in [9.17, 15) is 5.11 Å². The molecule has 0 bridgehead atoms. The van der Waals surface area contributed by atoms with Crippen molar-refractivity contribution in [3.63, 3.8) is 0 Å². The summed E-state index contributed by atoms with van der Waals surface area (Å²) in [5, 5.41) is 14.9. The number of hydrogen-bond donors (Lipinski definition) is 1. The predicted molar refractivity (Wildman–Crippen MR) is 77.0 cm³/mol. The predicted octanol–water partition coefficient (Wildman–Crippen LogP) is 1.81. The van der Waals surface area contributed by atoms with Gasteiger partial charge in [0.1, 0.15) is 12.2 Å². The van der Waals surface area contributed by atoms with E-state index in [2.05, 4.69) is 39.8 Å². The molecule has 1 aliphatic rings. The van der Waals surface area contributed by atoms with E-state index in [1.54, 1.807) is 6.20 Å². The molecule has 2 unspecified atom stereocenters. The summed E-state index contributed by atoms with van der Waals surface area (Å²) in [5.41, 5.74) is 0.824. The minimum Gasteiger partial charge on any atom is -0.384 e. The topological polar surface area (TPSA) is 50.5 Å². The molecule has 2 atom stereocenters. The maximum absolute atomic E-state index is 10.6. The van der Waals surface area contributed by atoms with Crippen molar-refractivity contribution in [1.82, 2.24) is 14.7 Å². The molecule has 5 nitrogen and oxygen atoms in total. The van der Waals surface area contributed by atoms with Crippen LogP contribution in [0, 0.1) is 0 Å². The van der Waals surface area contributed by atoms with Crippen molar-refractivity contribution >= 4 is 15.9 Å². The van der Waals surface area contributed by atoms with Gasteiger partial charge in [-0.2, -0.15) is 5.10 Å². The lowest BCUT2D eigenvalue weighted by Gasteiger charge is -2.34. The lowest BCUT2D eigenvalue weighted by atomic mass is 10.1. The zero-order chi connectivity index (χ0) is 13.8. The van der Waals surface area contributed by atoms with E-state index >= 15 is 0 Å². The van der Waals surface area contributed by atoms with Gasteiger partial charge in [-0.3, -0.25) is 9.58 Å². The third kappa shape index (κ3) is 3.37. The van der Waals surface area contributed by atoms with E-state index < -0.39 is 6.10 Å². The fraction of sp³-hybridized carbons (Fsp3) is 0.769. The molecule has 1 saturated heterocycles. The van der Waals surface area contributed by atoms with Crippen LogP contribution < -0.4 is 0 Å². The second-order valence-electron chi connectivity index (χ2n) is 4.85. The van der Waals surface area contributed by atoms with Gasteiger partial charge < -0.3 is 9.84 Å². The first kappa shape index (κ1) is 15.0. The molecule has 1 aromatic heterocycles. The van der Waals surface area contributed by atoms with Crippen LogP contribution in [0.5, 0.6) is 0 Å². The molecular formula is C13H22BrN3O2.